The fourth-order valence-electron chi connectivity index (χ4n) is 1.94. The van der Waals surface area contributed by atoms with Crippen LogP contribution in [-0.4, -0.2) is 37.8 Å². The van der Waals surface area contributed by atoms with Gasteiger partial charge in [-0.05, 0) is 19.4 Å². The van der Waals surface area contributed by atoms with Crippen LogP contribution in [0.15, 0.2) is 18.3 Å². The van der Waals surface area contributed by atoms with E-state index in [0.717, 1.165) is 37.6 Å². The number of pyridine rings is 1. The fraction of sp³-hybridized carbons (Fsp3) is 0.583. The molecule has 0 saturated carbocycles. The van der Waals surface area contributed by atoms with Crippen LogP contribution in [0.2, 0.25) is 0 Å². The summed E-state index contributed by atoms with van der Waals surface area (Å²) in [7, 11) is 1.69. The molecule has 4 heteroatoms. The molecule has 4 nitrogen and oxygen atoms in total. The third-order valence-electron chi connectivity index (χ3n) is 2.98. The van der Waals surface area contributed by atoms with Crippen molar-refractivity contribution in [1.29, 1.82) is 0 Å². The third-order valence-corrected chi connectivity index (χ3v) is 2.98. The van der Waals surface area contributed by atoms with E-state index in [1.807, 2.05) is 12.1 Å². The van der Waals surface area contributed by atoms with E-state index in [1.54, 1.807) is 13.3 Å². The van der Waals surface area contributed by atoms with Gasteiger partial charge in [-0.25, -0.2) is 4.98 Å². The SMILES string of the molecule is COc1ccnc(N2CCN[C@H](C)CC2)c1. The van der Waals surface area contributed by atoms with Gasteiger partial charge in [-0.3, -0.25) is 0 Å². The zero-order valence-corrected chi connectivity index (χ0v) is 9.94. The van der Waals surface area contributed by atoms with Gasteiger partial charge in [-0.15, -0.1) is 0 Å². The molecule has 2 heterocycles. The highest BCUT2D eigenvalue weighted by molar-refractivity contribution is 5.43. The first-order valence-corrected chi connectivity index (χ1v) is 5.78. The molecule has 1 N–H and O–H groups in total. The van der Waals surface area contributed by atoms with Crippen LogP contribution in [0.1, 0.15) is 13.3 Å². The van der Waals surface area contributed by atoms with Crippen molar-refractivity contribution in [3.63, 3.8) is 0 Å². The van der Waals surface area contributed by atoms with Crippen LogP contribution in [0.25, 0.3) is 0 Å². The lowest BCUT2D eigenvalue weighted by Crippen LogP contribution is -2.29. The molecule has 0 amide bonds. The van der Waals surface area contributed by atoms with Gasteiger partial charge >= 0.3 is 0 Å². The Bertz CT molecular complexity index is 343. The average molecular weight is 221 g/mol. The van der Waals surface area contributed by atoms with Crippen molar-refractivity contribution >= 4 is 5.82 Å². The van der Waals surface area contributed by atoms with Crippen LogP contribution in [0.3, 0.4) is 0 Å². The predicted octanol–water partition coefficient (Wildman–Crippen LogP) is 1.28. The first-order chi connectivity index (χ1) is 7.79. The van der Waals surface area contributed by atoms with E-state index in [4.69, 9.17) is 4.74 Å². The monoisotopic (exact) mass is 221 g/mol. The second-order valence-electron chi connectivity index (χ2n) is 4.18. The fourth-order valence-corrected chi connectivity index (χ4v) is 1.94. The maximum Gasteiger partial charge on any atom is 0.132 e. The van der Waals surface area contributed by atoms with Crippen LogP contribution >= 0.6 is 0 Å². The summed E-state index contributed by atoms with van der Waals surface area (Å²) in [6.45, 7) is 5.29. The second kappa shape index (κ2) is 5.16. The van der Waals surface area contributed by atoms with Crippen molar-refractivity contribution in [3.05, 3.63) is 18.3 Å². The zero-order valence-electron chi connectivity index (χ0n) is 9.94. The van der Waals surface area contributed by atoms with Crippen LogP contribution in [0.4, 0.5) is 5.82 Å². The summed E-state index contributed by atoms with van der Waals surface area (Å²) in [6, 6.07) is 4.47. The Kier molecular flexibility index (Phi) is 3.62. The lowest BCUT2D eigenvalue weighted by atomic mass is 10.2. The molecule has 0 spiro atoms. The summed E-state index contributed by atoms with van der Waals surface area (Å²) >= 11 is 0. The largest absolute Gasteiger partial charge is 0.497 e. The van der Waals surface area contributed by atoms with E-state index in [9.17, 15) is 0 Å². The maximum atomic E-state index is 5.22. The molecule has 1 aromatic heterocycles. The second-order valence-corrected chi connectivity index (χ2v) is 4.18. The summed E-state index contributed by atoms with van der Waals surface area (Å²) in [4.78, 5) is 6.70. The van der Waals surface area contributed by atoms with Crippen LogP contribution < -0.4 is 15.0 Å². The lowest BCUT2D eigenvalue weighted by Gasteiger charge is -2.21. The number of hydrogen-bond acceptors (Lipinski definition) is 4. The maximum absolute atomic E-state index is 5.22. The van der Waals surface area contributed by atoms with E-state index >= 15 is 0 Å². The Morgan fingerprint density at radius 1 is 1.50 bits per heavy atom. The summed E-state index contributed by atoms with van der Waals surface area (Å²) in [5.41, 5.74) is 0. The minimum Gasteiger partial charge on any atom is -0.497 e. The number of hydrogen-bond donors (Lipinski definition) is 1. The van der Waals surface area contributed by atoms with E-state index in [0.29, 0.717) is 6.04 Å². The van der Waals surface area contributed by atoms with Gasteiger partial charge in [0, 0.05) is 37.9 Å². The molecule has 88 valence electrons. The molecule has 1 aromatic rings. The van der Waals surface area contributed by atoms with Gasteiger partial charge in [-0.2, -0.15) is 0 Å². The molecule has 1 fully saturated rings. The molecule has 2 rings (SSSR count). The van der Waals surface area contributed by atoms with Gasteiger partial charge in [0.1, 0.15) is 11.6 Å². The number of ether oxygens (including phenoxy) is 1. The van der Waals surface area contributed by atoms with Crippen molar-refractivity contribution in [2.75, 3.05) is 31.6 Å². The Labute approximate surface area is 96.6 Å². The first-order valence-electron chi connectivity index (χ1n) is 5.78. The minimum absolute atomic E-state index is 0.593. The van der Waals surface area contributed by atoms with Crippen LogP contribution in [0.5, 0.6) is 5.75 Å². The lowest BCUT2D eigenvalue weighted by molar-refractivity contribution is 0.414. The molecular weight excluding hydrogens is 202 g/mol. The number of rotatable bonds is 2. The summed E-state index contributed by atoms with van der Waals surface area (Å²) in [6.07, 6.45) is 2.95. The van der Waals surface area contributed by atoms with Crippen molar-refractivity contribution < 1.29 is 4.74 Å². The molecule has 1 saturated heterocycles. The average Bonchev–Trinajstić information content (AvgIpc) is 2.54. The Hall–Kier alpha value is -1.29. The normalized spacial score (nSPS) is 21.6. The van der Waals surface area contributed by atoms with Crippen molar-refractivity contribution in [2.24, 2.45) is 0 Å². The molecule has 0 radical (unpaired) electrons. The number of anilines is 1. The highest BCUT2D eigenvalue weighted by Crippen LogP contribution is 2.18. The number of nitrogens with zero attached hydrogens (tertiary/aromatic N) is 2. The molecule has 0 bridgehead atoms. The van der Waals surface area contributed by atoms with Crippen molar-refractivity contribution in [3.8, 4) is 5.75 Å². The standard InChI is InChI=1S/C12H19N3O/c1-10-4-7-15(8-6-13-10)12-9-11(16-2)3-5-14-12/h3,5,9-10,13H,4,6-8H2,1-2H3/t10-/m1/s1. The Morgan fingerprint density at radius 2 is 2.38 bits per heavy atom. The van der Waals surface area contributed by atoms with E-state index in [1.165, 1.54) is 0 Å². The number of aromatic nitrogens is 1. The Balaban J connectivity index is 2.10. The summed E-state index contributed by atoms with van der Waals surface area (Å²) in [5.74, 6) is 1.88. The number of methoxy groups -OCH3 is 1. The molecule has 1 aliphatic heterocycles. The van der Waals surface area contributed by atoms with Gasteiger partial charge in [0.05, 0.1) is 7.11 Å². The van der Waals surface area contributed by atoms with Gasteiger partial charge < -0.3 is 15.0 Å². The van der Waals surface area contributed by atoms with Gasteiger partial charge in [-0.1, -0.05) is 0 Å². The molecule has 1 aliphatic rings. The van der Waals surface area contributed by atoms with Gasteiger partial charge in [0.25, 0.3) is 0 Å². The number of nitrogens with one attached hydrogen (secondary N) is 1. The molecule has 0 unspecified atom stereocenters. The van der Waals surface area contributed by atoms with Crippen molar-refractivity contribution in [1.82, 2.24) is 10.3 Å². The molecule has 16 heavy (non-hydrogen) atoms. The van der Waals surface area contributed by atoms with E-state index in [2.05, 4.69) is 22.1 Å². The quantitative estimate of drug-likeness (QED) is 0.816. The third kappa shape index (κ3) is 2.64. The van der Waals surface area contributed by atoms with E-state index < -0.39 is 0 Å². The van der Waals surface area contributed by atoms with Gasteiger partial charge in [0.2, 0.25) is 0 Å². The smallest absolute Gasteiger partial charge is 0.132 e. The zero-order chi connectivity index (χ0) is 11.4. The predicted molar refractivity (Wildman–Crippen MR) is 65.1 cm³/mol. The topological polar surface area (TPSA) is 37.4 Å². The molecule has 1 atom stereocenters. The highest BCUT2D eigenvalue weighted by atomic mass is 16.5. The van der Waals surface area contributed by atoms with Gasteiger partial charge in [0.15, 0.2) is 0 Å². The molecule has 0 aromatic carbocycles. The molecule has 0 aliphatic carbocycles. The Morgan fingerprint density at radius 3 is 3.19 bits per heavy atom. The van der Waals surface area contributed by atoms with Crippen LogP contribution in [0, 0.1) is 0 Å². The molecular formula is C12H19N3O. The van der Waals surface area contributed by atoms with E-state index in [-0.39, 0.29) is 0 Å². The van der Waals surface area contributed by atoms with Crippen molar-refractivity contribution in [2.45, 2.75) is 19.4 Å². The van der Waals surface area contributed by atoms with Crippen LogP contribution in [-0.2, 0) is 0 Å². The first kappa shape index (κ1) is 11.2. The summed E-state index contributed by atoms with van der Waals surface area (Å²) in [5, 5.41) is 3.47. The summed E-state index contributed by atoms with van der Waals surface area (Å²) < 4.78 is 5.22. The minimum atomic E-state index is 0.593. The highest BCUT2D eigenvalue weighted by Gasteiger charge is 2.14.